The highest BCUT2D eigenvalue weighted by molar-refractivity contribution is 7.11. The summed E-state index contributed by atoms with van der Waals surface area (Å²) in [5, 5.41) is 4.54. The molecule has 2 aromatic rings. The Morgan fingerprint density at radius 1 is 1.15 bits per heavy atom. The van der Waals surface area contributed by atoms with Crippen LogP contribution in [-0.2, 0) is 0 Å². The number of nitrogens with zero attached hydrogens (tertiary/aromatic N) is 1. The number of aryl methyl sites for hydroxylation is 4. The lowest BCUT2D eigenvalue weighted by atomic mass is 9.96. The molecule has 0 aliphatic carbocycles. The van der Waals surface area contributed by atoms with Crippen LogP contribution in [0, 0.1) is 27.7 Å². The maximum absolute atomic E-state index is 5.40. The summed E-state index contributed by atoms with van der Waals surface area (Å²) in [6, 6.07) is 4.51. The van der Waals surface area contributed by atoms with E-state index in [1.165, 1.54) is 16.0 Å². The van der Waals surface area contributed by atoms with Gasteiger partial charge in [-0.15, -0.1) is 11.3 Å². The van der Waals surface area contributed by atoms with Gasteiger partial charge >= 0.3 is 0 Å². The molecule has 0 spiro atoms. The van der Waals surface area contributed by atoms with Crippen LogP contribution in [0.4, 0.5) is 0 Å². The van der Waals surface area contributed by atoms with Gasteiger partial charge in [0, 0.05) is 4.88 Å². The van der Waals surface area contributed by atoms with E-state index in [4.69, 9.17) is 4.74 Å². The van der Waals surface area contributed by atoms with Gasteiger partial charge in [-0.1, -0.05) is 6.07 Å². The Hall–Kier alpha value is -1.39. The molecular weight excluding hydrogens is 268 g/mol. The fourth-order valence-corrected chi connectivity index (χ4v) is 3.64. The van der Waals surface area contributed by atoms with Gasteiger partial charge in [-0.25, -0.2) is 4.98 Å². The Morgan fingerprint density at radius 3 is 2.35 bits per heavy atom. The van der Waals surface area contributed by atoms with Gasteiger partial charge in [0.1, 0.15) is 5.75 Å². The monoisotopic (exact) mass is 290 g/mol. The van der Waals surface area contributed by atoms with Crippen LogP contribution in [0.25, 0.3) is 0 Å². The molecule has 0 aliphatic heterocycles. The standard InChI is InChI=1S/C16H22N2OS/c1-9-8-14(19-6)10(2)7-13(9)15(17-5)16-11(3)18-12(4)20-16/h7-8,15,17H,1-6H3. The van der Waals surface area contributed by atoms with Gasteiger partial charge in [0.2, 0.25) is 0 Å². The van der Waals surface area contributed by atoms with Crippen molar-refractivity contribution >= 4 is 11.3 Å². The average molecular weight is 290 g/mol. The van der Waals surface area contributed by atoms with Crippen molar-refractivity contribution in [3.05, 3.63) is 44.4 Å². The summed E-state index contributed by atoms with van der Waals surface area (Å²) in [5.74, 6) is 0.943. The Morgan fingerprint density at radius 2 is 1.85 bits per heavy atom. The third kappa shape index (κ3) is 2.72. The molecule has 1 atom stereocenters. The number of hydrogen-bond acceptors (Lipinski definition) is 4. The Balaban J connectivity index is 2.52. The summed E-state index contributed by atoms with van der Waals surface area (Å²) in [6.07, 6.45) is 0. The fraction of sp³-hybridized carbons (Fsp3) is 0.438. The highest BCUT2D eigenvalue weighted by Crippen LogP contribution is 2.34. The number of ether oxygens (including phenoxy) is 1. The van der Waals surface area contributed by atoms with E-state index in [0.717, 1.165) is 22.0 Å². The maximum Gasteiger partial charge on any atom is 0.122 e. The smallest absolute Gasteiger partial charge is 0.122 e. The number of rotatable bonds is 4. The molecule has 0 saturated heterocycles. The van der Waals surface area contributed by atoms with Gasteiger partial charge in [-0.2, -0.15) is 0 Å². The normalized spacial score (nSPS) is 12.5. The first-order valence-corrected chi connectivity index (χ1v) is 7.56. The second kappa shape index (κ2) is 5.94. The van der Waals surface area contributed by atoms with Crippen LogP contribution in [0.15, 0.2) is 12.1 Å². The van der Waals surface area contributed by atoms with Crippen molar-refractivity contribution in [2.45, 2.75) is 33.7 Å². The predicted molar refractivity (Wildman–Crippen MR) is 85.0 cm³/mol. The fourth-order valence-electron chi connectivity index (χ4n) is 2.59. The highest BCUT2D eigenvalue weighted by Gasteiger charge is 2.20. The van der Waals surface area contributed by atoms with Crippen molar-refractivity contribution in [2.24, 2.45) is 0 Å². The lowest BCUT2D eigenvalue weighted by Gasteiger charge is -2.20. The SMILES string of the molecule is CNC(c1cc(C)c(OC)cc1C)c1sc(C)nc1C. The molecule has 2 rings (SSSR count). The minimum absolute atomic E-state index is 0.186. The number of hydrogen-bond donors (Lipinski definition) is 1. The zero-order chi connectivity index (χ0) is 14.9. The predicted octanol–water partition coefficient (Wildman–Crippen LogP) is 3.69. The van der Waals surface area contributed by atoms with Crippen molar-refractivity contribution in [1.82, 2.24) is 10.3 Å². The number of thiazole rings is 1. The van der Waals surface area contributed by atoms with E-state index in [9.17, 15) is 0 Å². The van der Waals surface area contributed by atoms with Crippen molar-refractivity contribution in [2.75, 3.05) is 14.2 Å². The third-order valence-corrected chi connectivity index (χ3v) is 4.72. The molecule has 0 aliphatic rings. The van der Waals surface area contributed by atoms with Crippen LogP contribution in [-0.4, -0.2) is 19.1 Å². The van der Waals surface area contributed by atoms with Gasteiger partial charge in [-0.05, 0) is 57.5 Å². The quantitative estimate of drug-likeness (QED) is 0.932. The minimum atomic E-state index is 0.186. The van der Waals surface area contributed by atoms with E-state index < -0.39 is 0 Å². The second-order valence-electron chi connectivity index (χ2n) is 5.08. The summed E-state index contributed by atoms with van der Waals surface area (Å²) in [4.78, 5) is 5.83. The molecule has 20 heavy (non-hydrogen) atoms. The van der Waals surface area contributed by atoms with Crippen LogP contribution in [0.1, 0.15) is 38.3 Å². The third-order valence-electron chi connectivity index (χ3n) is 3.58. The summed E-state index contributed by atoms with van der Waals surface area (Å²) in [7, 11) is 3.71. The number of benzene rings is 1. The zero-order valence-corrected chi connectivity index (χ0v) is 13.8. The van der Waals surface area contributed by atoms with E-state index >= 15 is 0 Å². The molecule has 1 heterocycles. The molecule has 1 aromatic carbocycles. The highest BCUT2D eigenvalue weighted by atomic mass is 32.1. The van der Waals surface area contributed by atoms with Gasteiger partial charge in [-0.3, -0.25) is 0 Å². The molecule has 0 saturated carbocycles. The molecule has 1 N–H and O–H groups in total. The number of aromatic nitrogens is 1. The second-order valence-corrected chi connectivity index (χ2v) is 6.32. The topological polar surface area (TPSA) is 34.1 Å². The zero-order valence-electron chi connectivity index (χ0n) is 13.0. The molecular formula is C16H22N2OS. The molecule has 0 amide bonds. The van der Waals surface area contributed by atoms with Crippen molar-refractivity contribution in [3.8, 4) is 5.75 Å². The number of nitrogens with one attached hydrogen (secondary N) is 1. The average Bonchev–Trinajstić information content (AvgIpc) is 2.73. The van der Waals surface area contributed by atoms with E-state index in [0.29, 0.717) is 0 Å². The van der Waals surface area contributed by atoms with Crippen LogP contribution < -0.4 is 10.1 Å². The van der Waals surface area contributed by atoms with E-state index in [1.807, 2.05) is 7.05 Å². The maximum atomic E-state index is 5.40. The first-order valence-electron chi connectivity index (χ1n) is 6.74. The first-order chi connectivity index (χ1) is 9.47. The molecule has 1 aromatic heterocycles. The Labute approximate surface area is 125 Å². The molecule has 4 heteroatoms. The number of methoxy groups -OCH3 is 1. The molecule has 3 nitrogen and oxygen atoms in total. The summed E-state index contributed by atoms with van der Waals surface area (Å²) >= 11 is 1.76. The van der Waals surface area contributed by atoms with Crippen molar-refractivity contribution < 1.29 is 4.74 Å². The van der Waals surface area contributed by atoms with E-state index in [-0.39, 0.29) is 6.04 Å². The minimum Gasteiger partial charge on any atom is -0.496 e. The lowest BCUT2D eigenvalue weighted by molar-refractivity contribution is 0.411. The molecule has 108 valence electrons. The van der Waals surface area contributed by atoms with Crippen LogP contribution >= 0.6 is 11.3 Å². The first kappa shape index (κ1) is 15.0. The van der Waals surface area contributed by atoms with Crippen LogP contribution in [0.2, 0.25) is 0 Å². The summed E-state index contributed by atoms with van der Waals surface area (Å²) in [6.45, 7) is 8.35. The molecule has 1 unspecified atom stereocenters. The molecule has 0 bridgehead atoms. The molecule has 0 radical (unpaired) electrons. The molecule has 0 fully saturated rings. The lowest BCUT2D eigenvalue weighted by Crippen LogP contribution is -2.18. The van der Waals surface area contributed by atoms with Crippen LogP contribution in [0.5, 0.6) is 5.75 Å². The van der Waals surface area contributed by atoms with Gasteiger partial charge in [0.05, 0.1) is 23.9 Å². The van der Waals surface area contributed by atoms with Crippen LogP contribution in [0.3, 0.4) is 0 Å². The van der Waals surface area contributed by atoms with Gasteiger partial charge in [0.15, 0.2) is 0 Å². The Bertz CT molecular complexity index is 619. The largest absolute Gasteiger partial charge is 0.496 e. The summed E-state index contributed by atoms with van der Waals surface area (Å²) < 4.78 is 5.40. The Kier molecular flexibility index (Phi) is 4.45. The van der Waals surface area contributed by atoms with Crippen molar-refractivity contribution in [1.29, 1.82) is 0 Å². The van der Waals surface area contributed by atoms with Crippen molar-refractivity contribution in [3.63, 3.8) is 0 Å². The van der Waals surface area contributed by atoms with E-state index in [2.05, 4.69) is 50.1 Å². The van der Waals surface area contributed by atoms with Gasteiger partial charge in [0.25, 0.3) is 0 Å². The van der Waals surface area contributed by atoms with E-state index in [1.54, 1.807) is 18.4 Å². The van der Waals surface area contributed by atoms with Gasteiger partial charge < -0.3 is 10.1 Å². The summed E-state index contributed by atoms with van der Waals surface area (Å²) in [5.41, 5.74) is 4.79.